The molecule has 0 aliphatic carbocycles. The highest BCUT2D eigenvalue weighted by Gasteiger charge is 2.19. The summed E-state index contributed by atoms with van der Waals surface area (Å²) in [5.74, 6) is 0. The zero-order valence-electron chi connectivity index (χ0n) is 14.0. The topological polar surface area (TPSA) is 69.8 Å². The van der Waals surface area contributed by atoms with Crippen LogP contribution in [0.2, 0.25) is 0 Å². The molecule has 128 valence electrons. The molecule has 0 N–H and O–H groups in total. The van der Waals surface area contributed by atoms with Gasteiger partial charge in [-0.3, -0.25) is 9.00 Å². The van der Waals surface area contributed by atoms with Crippen molar-refractivity contribution in [2.24, 2.45) is 7.05 Å². The van der Waals surface area contributed by atoms with Gasteiger partial charge in [0.05, 0.1) is 28.2 Å². The van der Waals surface area contributed by atoms with E-state index >= 15 is 0 Å². The van der Waals surface area contributed by atoms with Gasteiger partial charge in [0.1, 0.15) is 5.52 Å². The van der Waals surface area contributed by atoms with Gasteiger partial charge < -0.3 is 4.57 Å². The first-order valence-corrected chi connectivity index (χ1v) is 10.1. The molecule has 0 spiro atoms. The Kier molecular flexibility index (Phi) is 3.81. The van der Waals surface area contributed by atoms with E-state index in [0.29, 0.717) is 22.0 Å². The van der Waals surface area contributed by atoms with Crippen LogP contribution in [-0.2, 0) is 24.4 Å². The Morgan fingerprint density at radius 2 is 1.96 bits per heavy atom. The van der Waals surface area contributed by atoms with Gasteiger partial charge in [-0.05, 0) is 12.5 Å². The minimum absolute atomic E-state index is 0.148. The third kappa shape index (κ3) is 2.61. The quantitative estimate of drug-likeness (QED) is 0.554. The summed E-state index contributed by atoms with van der Waals surface area (Å²) in [5.41, 5.74) is 3.31. The van der Waals surface area contributed by atoms with Gasteiger partial charge in [-0.2, -0.15) is 5.10 Å². The number of hydrogen-bond donors (Lipinski definition) is 0. The molecule has 0 radical (unpaired) electrons. The molecule has 0 bridgehead atoms. The Morgan fingerprint density at radius 1 is 1.24 bits per heavy atom. The molecule has 0 amide bonds. The zero-order valence-corrected chi connectivity index (χ0v) is 15.6. The fraction of sp³-hybridized carbons (Fsp3) is 0.235. The predicted octanol–water partition coefficient (Wildman–Crippen LogP) is 2.44. The summed E-state index contributed by atoms with van der Waals surface area (Å²) in [6.45, 7) is 2.45. The van der Waals surface area contributed by atoms with Crippen molar-refractivity contribution in [3.05, 3.63) is 51.9 Å². The Balaban J connectivity index is 1.87. The summed E-state index contributed by atoms with van der Waals surface area (Å²) in [4.78, 5) is 17.3. The van der Waals surface area contributed by atoms with Crippen LogP contribution >= 0.6 is 11.3 Å². The highest BCUT2D eigenvalue weighted by atomic mass is 32.2. The van der Waals surface area contributed by atoms with Gasteiger partial charge in [0.25, 0.3) is 5.56 Å². The molecule has 4 rings (SSSR count). The van der Waals surface area contributed by atoms with Gasteiger partial charge >= 0.3 is 0 Å². The molecule has 8 heteroatoms. The number of hydrogen-bond acceptors (Lipinski definition) is 5. The summed E-state index contributed by atoms with van der Waals surface area (Å²) in [6, 6.07) is 8.05. The van der Waals surface area contributed by atoms with E-state index in [1.54, 1.807) is 17.0 Å². The van der Waals surface area contributed by atoms with E-state index in [9.17, 15) is 9.00 Å². The molecule has 6 nitrogen and oxygen atoms in total. The van der Waals surface area contributed by atoms with Crippen molar-refractivity contribution in [2.75, 3.05) is 6.26 Å². The van der Waals surface area contributed by atoms with Crippen LogP contribution in [0.4, 0.5) is 0 Å². The molecule has 0 aliphatic rings. The van der Waals surface area contributed by atoms with Gasteiger partial charge in [-0.1, -0.05) is 29.8 Å². The maximum absolute atomic E-state index is 12.9. The van der Waals surface area contributed by atoms with Crippen LogP contribution in [0.15, 0.2) is 39.6 Å². The highest BCUT2D eigenvalue weighted by Crippen LogP contribution is 2.31. The summed E-state index contributed by atoms with van der Waals surface area (Å²) in [5, 5.41) is 5.10. The number of thiazole rings is 1. The van der Waals surface area contributed by atoms with Crippen LogP contribution < -0.4 is 5.56 Å². The lowest BCUT2D eigenvalue weighted by Gasteiger charge is -2.06. The summed E-state index contributed by atoms with van der Waals surface area (Å²) >= 11 is 1.36. The maximum Gasteiger partial charge on any atom is 0.291 e. The lowest BCUT2D eigenvalue weighted by atomic mass is 10.1. The van der Waals surface area contributed by atoms with Crippen LogP contribution in [0.1, 0.15) is 11.1 Å². The fourth-order valence-electron chi connectivity index (χ4n) is 2.87. The molecular weight excluding hydrogens is 356 g/mol. The van der Waals surface area contributed by atoms with Gasteiger partial charge in [-0.15, -0.1) is 11.3 Å². The van der Waals surface area contributed by atoms with Crippen LogP contribution in [0.5, 0.6) is 0 Å². The molecule has 0 saturated carbocycles. The van der Waals surface area contributed by atoms with Crippen LogP contribution in [0.3, 0.4) is 0 Å². The number of aromatic nitrogens is 4. The molecule has 3 aromatic heterocycles. The molecule has 25 heavy (non-hydrogen) atoms. The van der Waals surface area contributed by atoms with E-state index in [-0.39, 0.29) is 5.56 Å². The van der Waals surface area contributed by atoms with E-state index in [2.05, 4.69) is 10.1 Å². The van der Waals surface area contributed by atoms with Crippen molar-refractivity contribution in [3.8, 4) is 0 Å². The third-order valence-corrected chi connectivity index (χ3v) is 6.61. The predicted molar refractivity (Wildman–Crippen MR) is 101 cm³/mol. The van der Waals surface area contributed by atoms with Gasteiger partial charge in [0.15, 0.2) is 9.99 Å². The maximum atomic E-state index is 12.9. The van der Waals surface area contributed by atoms with Crippen LogP contribution in [-0.4, -0.2) is 29.8 Å². The first-order chi connectivity index (χ1) is 12.0. The second kappa shape index (κ2) is 5.89. The SMILES string of the molecule is Cc1ccc(Cn2ncc3c4sc(S(C)=O)nc4n(C)c3c2=O)cc1. The van der Waals surface area contributed by atoms with Crippen molar-refractivity contribution >= 4 is 43.4 Å². The fourth-order valence-corrected chi connectivity index (χ4v) is 4.65. The molecule has 0 aliphatic heterocycles. The number of aryl methyl sites for hydroxylation is 2. The molecule has 3 heterocycles. The number of benzene rings is 1. The molecule has 1 atom stereocenters. The minimum atomic E-state index is -1.14. The molecule has 1 unspecified atom stereocenters. The zero-order chi connectivity index (χ0) is 17.7. The van der Waals surface area contributed by atoms with E-state index < -0.39 is 10.8 Å². The number of rotatable bonds is 3. The molecule has 4 aromatic rings. The second-order valence-corrected chi connectivity index (χ2v) is 8.55. The molecular formula is C17H16N4O2S2. The monoisotopic (exact) mass is 372 g/mol. The normalized spacial score (nSPS) is 12.9. The average molecular weight is 372 g/mol. The van der Waals surface area contributed by atoms with Crippen LogP contribution in [0.25, 0.3) is 21.3 Å². The lowest BCUT2D eigenvalue weighted by molar-refractivity contribution is 0.644. The van der Waals surface area contributed by atoms with Gasteiger partial charge in [-0.25, -0.2) is 9.67 Å². The number of nitrogens with zero attached hydrogens (tertiary/aromatic N) is 4. The van der Waals surface area contributed by atoms with E-state index in [1.807, 2.05) is 38.2 Å². The van der Waals surface area contributed by atoms with Crippen molar-refractivity contribution in [1.29, 1.82) is 0 Å². The van der Waals surface area contributed by atoms with Gasteiger partial charge in [0, 0.05) is 18.7 Å². The lowest BCUT2D eigenvalue weighted by Crippen LogP contribution is -2.24. The van der Waals surface area contributed by atoms with Crippen molar-refractivity contribution in [2.45, 2.75) is 17.8 Å². The Hall–Kier alpha value is -2.32. The largest absolute Gasteiger partial charge is 0.323 e. The Bertz CT molecular complexity index is 1190. The van der Waals surface area contributed by atoms with E-state index in [0.717, 1.165) is 15.6 Å². The third-order valence-electron chi connectivity index (χ3n) is 4.20. The Morgan fingerprint density at radius 3 is 2.64 bits per heavy atom. The molecule has 0 fully saturated rings. The van der Waals surface area contributed by atoms with E-state index in [4.69, 9.17) is 0 Å². The standard InChI is InChI=1S/C17H16N4O2S2/c1-10-4-6-11(7-5-10)9-21-16(22)13-12(8-18-21)14-15(20(13)2)19-17(24-14)25(3)23/h4-8H,9H2,1-3H3. The van der Waals surface area contributed by atoms with Crippen molar-refractivity contribution in [1.82, 2.24) is 19.3 Å². The second-order valence-electron chi connectivity index (χ2n) is 6.00. The number of fused-ring (bicyclic) bond motifs is 3. The van der Waals surface area contributed by atoms with E-state index in [1.165, 1.54) is 21.6 Å². The average Bonchev–Trinajstić information content (AvgIpc) is 3.12. The summed E-state index contributed by atoms with van der Waals surface area (Å²) in [7, 11) is 0.671. The first-order valence-electron chi connectivity index (χ1n) is 7.69. The van der Waals surface area contributed by atoms with Crippen molar-refractivity contribution < 1.29 is 4.21 Å². The summed E-state index contributed by atoms with van der Waals surface area (Å²) in [6.07, 6.45) is 3.31. The summed E-state index contributed by atoms with van der Waals surface area (Å²) < 4.78 is 16.3. The molecule has 1 aromatic carbocycles. The smallest absolute Gasteiger partial charge is 0.291 e. The van der Waals surface area contributed by atoms with Crippen molar-refractivity contribution in [3.63, 3.8) is 0 Å². The van der Waals surface area contributed by atoms with Crippen LogP contribution in [0, 0.1) is 6.92 Å². The Labute approximate surface area is 150 Å². The highest BCUT2D eigenvalue weighted by molar-refractivity contribution is 7.86. The van der Waals surface area contributed by atoms with Gasteiger partial charge in [0.2, 0.25) is 0 Å². The minimum Gasteiger partial charge on any atom is -0.323 e. The first kappa shape index (κ1) is 16.2. The molecule has 0 saturated heterocycles.